The quantitative estimate of drug-likeness (QED) is 0.592. The average molecular weight is 207 g/mol. The van der Waals surface area contributed by atoms with E-state index >= 15 is 0 Å². The van der Waals surface area contributed by atoms with E-state index in [4.69, 9.17) is 15.2 Å². The molecule has 0 fully saturated rings. The molecule has 0 rings (SSSR count). The second kappa shape index (κ2) is 8.34. The molecule has 0 bridgehead atoms. The van der Waals surface area contributed by atoms with Crippen molar-refractivity contribution in [2.75, 3.05) is 24.7 Å². The normalized spacial score (nSPS) is 10.7. The number of ether oxygens (including phenoxy) is 2. The maximum absolute atomic E-state index is 10.4. The molecule has 13 heavy (non-hydrogen) atoms. The lowest BCUT2D eigenvalue weighted by Gasteiger charge is -2.15. The van der Waals surface area contributed by atoms with Crippen molar-refractivity contribution >= 4 is 17.7 Å². The van der Waals surface area contributed by atoms with Crippen LogP contribution in [0.2, 0.25) is 0 Å². The fourth-order valence-electron chi connectivity index (χ4n) is 0.772. The third-order valence-corrected chi connectivity index (χ3v) is 2.20. The van der Waals surface area contributed by atoms with Gasteiger partial charge in [-0.1, -0.05) is 0 Å². The highest BCUT2D eigenvalue weighted by Crippen LogP contribution is 2.06. The summed E-state index contributed by atoms with van der Waals surface area (Å²) in [5.74, 6) is 0.651. The van der Waals surface area contributed by atoms with Crippen LogP contribution < -0.4 is 5.73 Å². The molecule has 5 heteroatoms. The van der Waals surface area contributed by atoms with Crippen LogP contribution in [-0.2, 0) is 14.3 Å². The summed E-state index contributed by atoms with van der Waals surface area (Å²) < 4.78 is 10.5. The van der Waals surface area contributed by atoms with Crippen LogP contribution in [0.1, 0.15) is 13.8 Å². The molecule has 0 saturated heterocycles. The highest BCUT2D eigenvalue weighted by Gasteiger charge is 2.08. The van der Waals surface area contributed by atoms with E-state index in [0.717, 1.165) is 0 Å². The van der Waals surface area contributed by atoms with Crippen LogP contribution in [0.4, 0.5) is 0 Å². The van der Waals surface area contributed by atoms with Gasteiger partial charge in [-0.05, 0) is 13.8 Å². The Bertz CT molecular complexity index is 137. The predicted molar refractivity (Wildman–Crippen MR) is 53.6 cm³/mol. The molecule has 0 aromatic heterocycles. The minimum absolute atomic E-state index is 0.223. The number of thioether (sulfide) groups is 1. The van der Waals surface area contributed by atoms with Gasteiger partial charge in [0.05, 0.1) is 5.75 Å². The van der Waals surface area contributed by atoms with Gasteiger partial charge in [0.15, 0.2) is 6.29 Å². The molecular formula is C8H17NO3S. The van der Waals surface area contributed by atoms with Gasteiger partial charge < -0.3 is 15.2 Å². The Hall–Kier alpha value is -0.260. The van der Waals surface area contributed by atoms with Crippen molar-refractivity contribution < 1.29 is 14.3 Å². The van der Waals surface area contributed by atoms with Crippen molar-refractivity contribution in [1.82, 2.24) is 0 Å². The number of amides is 1. The second-order valence-electron chi connectivity index (χ2n) is 2.32. The van der Waals surface area contributed by atoms with Gasteiger partial charge in [-0.25, -0.2) is 0 Å². The number of hydrogen-bond acceptors (Lipinski definition) is 4. The molecule has 0 aromatic carbocycles. The first-order valence-corrected chi connectivity index (χ1v) is 5.45. The van der Waals surface area contributed by atoms with E-state index in [1.165, 1.54) is 11.8 Å². The van der Waals surface area contributed by atoms with Gasteiger partial charge in [-0.15, -0.1) is 11.8 Å². The standard InChI is InChI=1S/C8H17NO3S/c1-3-11-8(12-4-2)6-13-5-7(9)10/h8H,3-6H2,1-2H3,(H2,9,10). The fourth-order valence-corrected chi connectivity index (χ4v) is 1.48. The van der Waals surface area contributed by atoms with Crippen LogP contribution >= 0.6 is 11.8 Å². The van der Waals surface area contributed by atoms with E-state index in [-0.39, 0.29) is 12.2 Å². The number of carbonyl (C=O) groups is 1. The summed E-state index contributed by atoms with van der Waals surface area (Å²) in [4.78, 5) is 10.4. The zero-order valence-corrected chi connectivity index (χ0v) is 8.93. The summed E-state index contributed by atoms with van der Waals surface area (Å²) in [6, 6.07) is 0. The molecule has 0 spiro atoms. The highest BCUT2D eigenvalue weighted by molar-refractivity contribution is 7.99. The molecule has 0 heterocycles. The summed E-state index contributed by atoms with van der Waals surface area (Å²) >= 11 is 1.42. The number of hydrogen-bond donors (Lipinski definition) is 1. The zero-order chi connectivity index (χ0) is 10.1. The molecule has 0 aliphatic heterocycles. The molecule has 0 aliphatic rings. The molecule has 0 aromatic rings. The van der Waals surface area contributed by atoms with Crippen LogP contribution in [0.25, 0.3) is 0 Å². The van der Waals surface area contributed by atoms with Crippen LogP contribution in [0.5, 0.6) is 0 Å². The summed E-state index contributed by atoms with van der Waals surface area (Å²) in [6.45, 7) is 5.04. The van der Waals surface area contributed by atoms with Gasteiger partial charge in [0, 0.05) is 19.0 Å². The lowest BCUT2D eigenvalue weighted by molar-refractivity contribution is -0.120. The number of rotatable bonds is 8. The summed E-state index contributed by atoms with van der Waals surface area (Å²) in [7, 11) is 0. The van der Waals surface area contributed by atoms with E-state index in [1.807, 2.05) is 13.8 Å². The minimum atomic E-state index is -0.309. The largest absolute Gasteiger partial charge is 0.369 e. The molecule has 0 radical (unpaired) electrons. The zero-order valence-electron chi connectivity index (χ0n) is 8.12. The Morgan fingerprint density at radius 1 is 1.38 bits per heavy atom. The molecule has 78 valence electrons. The highest BCUT2D eigenvalue weighted by atomic mass is 32.2. The molecule has 1 amide bonds. The average Bonchev–Trinajstić information content (AvgIpc) is 2.04. The van der Waals surface area contributed by atoms with E-state index < -0.39 is 0 Å². The lowest BCUT2D eigenvalue weighted by atomic mass is 10.7. The number of carbonyl (C=O) groups excluding carboxylic acids is 1. The topological polar surface area (TPSA) is 61.5 Å². The third kappa shape index (κ3) is 8.08. The van der Waals surface area contributed by atoms with Gasteiger partial charge in [0.25, 0.3) is 0 Å². The molecule has 0 aliphatic carbocycles. The Balaban J connectivity index is 3.49. The van der Waals surface area contributed by atoms with Crippen molar-refractivity contribution in [1.29, 1.82) is 0 Å². The van der Waals surface area contributed by atoms with Crippen LogP contribution in [-0.4, -0.2) is 36.9 Å². The first-order chi connectivity index (χ1) is 6.20. The monoisotopic (exact) mass is 207 g/mol. The molecule has 2 N–H and O–H groups in total. The Kier molecular flexibility index (Phi) is 8.18. The third-order valence-electron chi connectivity index (χ3n) is 1.20. The maximum Gasteiger partial charge on any atom is 0.227 e. The number of nitrogens with two attached hydrogens (primary N) is 1. The first kappa shape index (κ1) is 12.7. The summed E-state index contributed by atoms with van der Waals surface area (Å²) in [6.07, 6.45) is -0.223. The van der Waals surface area contributed by atoms with E-state index in [9.17, 15) is 4.79 Å². The SMILES string of the molecule is CCOC(CSCC(N)=O)OCC. The van der Waals surface area contributed by atoms with Crippen LogP contribution in [0.15, 0.2) is 0 Å². The van der Waals surface area contributed by atoms with Crippen LogP contribution in [0, 0.1) is 0 Å². The molecule has 0 saturated carbocycles. The predicted octanol–water partition coefficient (Wildman–Crippen LogP) is 0.604. The van der Waals surface area contributed by atoms with Crippen LogP contribution in [0.3, 0.4) is 0 Å². The molecule has 0 unspecified atom stereocenters. The minimum Gasteiger partial charge on any atom is -0.369 e. The van der Waals surface area contributed by atoms with Crippen molar-refractivity contribution in [2.24, 2.45) is 5.73 Å². The summed E-state index contributed by atoms with van der Waals surface area (Å²) in [5, 5.41) is 0. The number of primary amides is 1. The second-order valence-corrected chi connectivity index (χ2v) is 3.35. The van der Waals surface area contributed by atoms with Gasteiger partial charge in [-0.2, -0.15) is 0 Å². The smallest absolute Gasteiger partial charge is 0.227 e. The van der Waals surface area contributed by atoms with Crippen molar-refractivity contribution in [2.45, 2.75) is 20.1 Å². The Morgan fingerprint density at radius 2 is 1.92 bits per heavy atom. The van der Waals surface area contributed by atoms with Crippen molar-refractivity contribution in [3.63, 3.8) is 0 Å². The van der Waals surface area contributed by atoms with E-state index in [2.05, 4.69) is 0 Å². The molecule has 0 atom stereocenters. The molecule has 4 nitrogen and oxygen atoms in total. The Labute approximate surface area is 83.1 Å². The van der Waals surface area contributed by atoms with Gasteiger partial charge in [0.1, 0.15) is 0 Å². The fraction of sp³-hybridized carbons (Fsp3) is 0.875. The van der Waals surface area contributed by atoms with Crippen molar-refractivity contribution in [3.05, 3.63) is 0 Å². The van der Waals surface area contributed by atoms with Gasteiger partial charge >= 0.3 is 0 Å². The lowest BCUT2D eigenvalue weighted by Crippen LogP contribution is -2.22. The van der Waals surface area contributed by atoms with E-state index in [0.29, 0.717) is 24.7 Å². The maximum atomic E-state index is 10.4. The van der Waals surface area contributed by atoms with E-state index in [1.54, 1.807) is 0 Å². The molecular weight excluding hydrogens is 190 g/mol. The van der Waals surface area contributed by atoms with Crippen molar-refractivity contribution in [3.8, 4) is 0 Å². The Morgan fingerprint density at radius 3 is 2.31 bits per heavy atom. The van der Waals surface area contributed by atoms with Gasteiger partial charge in [0.2, 0.25) is 5.91 Å². The summed E-state index contributed by atoms with van der Waals surface area (Å²) in [5.41, 5.74) is 4.99. The first-order valence-electron chi connectivity index (χ1n) is 4.29. The van der Waals surface area contributed by atoms with Gasteiger partial charge in [-0.3, -0.25) is 4.79 Å².